The highest BCUT2D eigenvalue weighted by Gasteiger charge is 2.25. The van der Waals surface area contributed by atoms with E-state index >= 15 is 0 Å². The van der Waals surface area contributed by atoms with Gasteiger partial charge in [-0.15, -0.1) is 24.2 Å². The average Bonchev–Trinajstić information content (AvgIpc) is 3.47. The minimum Gasteiger partial charge on any atom is -0.342 e. The van der Waals surface area contributed by atoms with Crippen LogP contribution in [0.3, 0.4) is 0 Å². The van der Waals surface area contributed by atoms with E-state index in [0.717, 1.165) is 49.6 Å². The fraction of sp³-hybridized carbons (Fsp3) is 0.600. The molecule has 0 atom stereocenters. The van der Waals surface area contributed by atoms with Gasteiger partial charge < -0.3 is 15.5 Å². The molecule has 27 heavy (non-hydrogen) atoms. The van der Waals surface area contributed by atoms with E-state index in [2.05, 4.69) is 10.6 Å². The van der Waals surface area contributed by atoms with Crippen molar-refractivity contribution in [3.63, 3.8) is 0 Å². The molecule has 2 amide bonds. The Morgan fingerprint density at radius 2 is 1.74 bits per heavy atom. The van der Waals surface area contributed by atoms with Gasteiger partial charge in [-0.3, -0.25) is 9.59 Å². The number of carbonyl (C=O) groups is 2. The van der Waals surface area contributed by atoms with Crippen LogP contribution in [0, 0.1) is 12.8 Å². The normalized spacial score (nSPS) is 17.3. The van der Waals surface area contributed by atoms with Crippen molar-refractivity contribution in [2.24, 2.45) is 5.92 Å². The quantitative estimate of drug-likeness (QED) is 0.690. The first-order valence-corrected chi connectivity index (χ1v) is 10.7. The third-order valence-corrected chi connectivity index (χ3v) is 5.95. The van der Waals surface area contributed by atoms with Crippen molar-refractivity contribution in [1.29, 1.82) is 0 Å². The highest BCUT2D eigenvalue weighted by molar-refractivity contribution is 8.00. The second-order valence-corrected chi connectivity index (χ2v) is 8.40. The van der Waals surface area contributed by atoms with Gasteiger partial charge in [0.2, 0.25) is 11.8 Å². The number of hydrogen-bond acceptors (Lipinski definition) is 4. The summed E-state index contributed by atoms with van der Waals surface area (Å²) in [6, 6.07) is 8.28. The maximum atomic E-state index is 12.3. The predicted octanol–water partition coefficient (Wildman–Crippen LogP) is 3.08. The van der Waals surface area contributed by atoms with Gasteiger partial charge in [0, 0.05) is 24.8 Å². The number of rotatable bonds is 8. The van der Waals surface area contributed by atoms with Gasteiger partial charge in [-0.2, -0.15) is 0 Å². The van der Waals surface area contributed by atoms with Crippen molar-refractivity contribution < 1.29 is 9.59 Å². The number of aryl methyl sites for hydroxylation is 1. The first-order valence-electron chi connectivity index (χ1n) is 9.55. The van der Waals surface area contributed by atoms with Crippen molar-refractivity contribution in [2.75, 3.05) is 36.5 Å². The van der Waals surface area contributed by atoms with E-state index in [0.29, 0.717) is 17.5 Å². The Morgan fingerprint density at radius 1 is 1.07 bits per heavy atom. The lowest BCUT2D eigenvalue weighted by Gasteiger charge is -2.32. The van der Waals surface area contributed by atoms with Gasteiger partial charge >= 0.3 is 0 Å². The van der Waals surface area contributed by atoms with Crippen molar-refractivity contribution >= 4 is 41.7 Å². The first-order chi connectivity index (χ1) is 12.6. The smallest absolute Gasteiger partial charge is 0.234 e. The van der Waals surface area contributed by atoms with Crippen LogP contribution >= 0.6 is 24.2 Å². The minimum absolute atomic E-state index is 0. The second-order valence-electron chi connectivity index (χ2n) is 7.41. The van der Waals surface area contributed by atoms with Crippen molar-refractivity contribution in [1.82, 2.24) is 10.2 Å². The van der Waals surface area contributed by atoms with Crippen LogP contribution in [-0.4, -0.2) is 53.9 Å². The second kappa shape index (κ2) is 10.9. The monoisotopic (exact) mass is 411 g/mol. The summed E-state index contributed by atoms with van der Waals surface area (Å²) >= 11 is 1.39. The third kappa shape index (κ3) is 7.72. The number of nitrogens with zero attached hydrogens (tertiary/aromatic N) is 1. The maximum Gasteiger partial charge on any atom is 0.234 e. The van der Waals surface area contributed by atoms with Crippen LogP contribution in [0.2, 0.25) is 0 Å². The van der Waals surface area contributed by atoms with Gasteiger partial charge in [0.1, 0.15) is 0 Å². The predicted molar refractivity (Wildman–Crippen MR) is 115 cm³/mol. The number of carbonyl (C=O) groups excluding carboxylic acids is 2. The molecule has 1 saturated heterocycles. The lowest BCUT2D eigenvalue weighted by atomic mass is 10.0. The molecule has 2 fully saturated rings. The molecule has 2 N–H and O–H groups in total. The summed E-state index contributed by atoms with van der Waals surface area (Å²) in [5, 5.41) is 6.50. The van der Waals surface area contributed by atoms with Gasteiger partial charge in [0.05, 0.1) is 11.5 Å². The summed E-state index contributed by atoms with van der Waals surface area (Å²) in [4.78, 5) is 26.2. The molecular formula is C20H30ClN3O2S. The number of anilines is 1. The molecule has 1 aliphatic heterocycles. The van der Waals surface area contributed by atoms with E-state index in [1.165, 1.54) is 24.6 Å². The molecule has 0 bridgehead atoms. The highest BCUT2D eigenvalue weighted by Crippen LogP contribution is 2.28. The SMILES string of the molecule is Cc1ccc(NC(=O)CSCC(=O)N2CCC(NCC3CC3)CC2)cc1.Cl. The van der Waals surface area contributed by atoms with Crippen LogP contribution in [0.4, 0.5) is 5.69 Å². The number of halogens is 1. The fourth-order valence-electron chi connectivity index (χ4n) is 3.14. The molecule has 1 aliphatic carbocycles. The topological polar surface area (TPSA) is 61.4 Å². The third-order valence-electron chi connectivity index (χ3n) is 5.03. The van der Waals surface area contributed by atoms with Crippen LogP contribution in [0.5, 0.6) is 0 Å². The molecule has 2 aliphatic rings. The number of nitrogens with one attached hydrogen (secondary N) is 2. The zero-order chi connectivity index (χ0) is 18.4. The van der Waals surface area contributed by atoms with Gasteiger partial charge in [0.25, 0.3) is 0 Å². The van der Waals surface area contributed by atoms with E-state index < -0.39 is 0 Å². The number of amides is 2. The van der Waals surface area contributed by atoms with Gasteiger partial charge in [-0.25, -0.2) is 0 Å². The van der Waals surface area contributed by atoms with Gasteiger partial charge in [0.15, 0.2) is 0 Å². The summed E-state index contributed by atoms with van der Waals surface area (Å²) in [6.45, 7) is 4.82. The van der Waals surface area contributed by atoms with Crippen LogP contribution in [0.1, 0.15) is 31.2 Å². The molecule has 1 saturated carbocycles. The number of benzene rings is 1. The maximum absolute atomic E-state index is 12.3. The molecule has 3 rings (SSSR count). The Labute approximate surface area is 172 Å². The van der Waals surface area contributed by atoms with Crippen molar-refractivity contribution in [2.45, 2.75) is 38.6 Å². The van der Waals surface area contributed by atoms with E-state index in [1.807, 2.05) is 36.1 Å². The number of hydrogen-bond donors (Lipinski definition) is 2. The summed E-state index contributed by atoms with van der Waals surface area (Å²) in [5.74, 6) is 1.67. The minimum atomic E-state index is -0.0605. The molecule has 1 aromatic rings. The molecule has 1 aromatic carbocycles. The highest BCUT2D eigenvalue weighted by atomic mass is 35.5. The Hall–Kier alpha value is -1.24. The fourth-order valence-corrected chi connectivity index (χ4v) is 3.86. The first kappa shape index (κ1) is 22.1. The van der Waals surface area contributed by atoms with Crippen LogP contribution < -0.4 is 10.6 Å². The van der Waals surface area contributed by atoms with Crippen molar-refractivity contribution in [3.05, 3.63) is 29.8 Å². The van der Waals surface area contributed by atoms with E-state index in [4.69, 9.17) is 0 Å². The van der Waals surface area contributed by atoms with Crippen molar-refractivity contribution in [3.8, 4) is 0 Å². The molecule has 1 heterocycles. The molecule has 7 heteroatoms. The van der Waals surface area contributed by atoms with E-state index in [1.54, 1.807) is 0 Å². The summed E-state index contributed by atoms with van der Waals surface area (Å²) in [5.41, 5.74) is 1.96. The molecule has 150 valence electrons. The molecule has 0 unspecified atom stereocenters. The summed E-state index contributed by atoms with van der Waals surface area (Å²) < 4.78 is 0. The van der Waals surface area contributed by atoms with Gasteiger partial charge in [-0.05, 0) is 57.2 Å². The lowest BCUT2D eigenvalue weighted by Crippen LogP contribution is -2.46. The lowest BCUT2D eigenvalue weighted by molar-refractivity contribution is -0.129. The zero-order valence-corrected chi connectivity index (χ0v) is 17.5. The molecule has 0 aromatic heterocycles. The van der Waals surface area contributed by atoms with Crippen LogP contribution in [0.25, 0.3) is 0 Å². The van der Waals surface area contributed by atoms with Crippen LogP contribution in [-0.2, 0) is 9.59 Å². The number of piperidine rings is 1. The molecule has 5 nitrogen and oxygen atoms in total. The molecule has 0 radical (unpaired) electrons. The molecular weight excluding hydrogens is 382 g/mol. The largest absolute Gasteiger partial charge is 0.342 e. The summed E-state index contributed by atoms with van der Waals surface area (Å²) in [6.07, 6.45) is 4.83. The Kier molecular flexibility index (Phi) is 8.93. The Bertz CT molecular complexity index is 614. The summed E-state index contributed by atoms with van der Waals surface area (Å²) in [7, 11) is 0. The van der Waals surface area contributed by atoms with E-state index in [-0.39, 0.29) is 24.2 Å². The Balaban J connectivity index is 0.00000261. The number of thioether (sulfide) groups is 1. The average molecular weight is 412 g/mol. The van der Waals surface area contributed by atoms with E-state index in [9.17, 15) is 9.59 Å². The zero-order valence-electron chi connectivity index (χ0n) is 15.9. The standard InChI is InChI=1S/C20H29N3O2S.ClH/c1-15-2-6-18(7-3-15)22-19(24)13-26-14-20(25)23-10-8-17(9-11-23)21-12-16-4-5-16;/h2-3,6-7,16-17,21H,4-5,8-14H2,1H3,(H,22,24);1H. The van der Waals surface area contributed by atoms with Crippen LogP contribution in [0.15, 0.2) is 24.3 Å². The number of likely N-dealkylation sites (tertiary alicyclic amines) is 1. The Morgan fingerprint density at radius 3 is 2.37 bits per heavy atom. The molecule has 0 spiro atoms. The van der Waals surface area contributed by atoms with Gasteiger partial charge in [-0.1, -0.05) is 17.7 Å².